The number of hydrogen-bond acceptors (Lipinski definition) is 5. The van der Waals surface area contributed by atoms with E-state index in [0.717, 1.165) is 0 Å². The Morgan fingerprint density at radius 1 is 1.20 bits per heavy atom. The molecule has 0 fully saturated rings. The molecule has 0 amide bonds. The second kappa shape index (κ2) is 8.04. The molecule has 0 aliphatic rings. The van der Waals surface area contributed by atoms with Crippen LogP contribution in [0.2, 0.25) is 0 Å². The zero-order valence-electron chi connectivity index (χ0n) is 9.65. The van der Waals surface area contributed by atoms with Crippen LogP contribution in [0.5, 0.6) is 0 Å². The zero-order chi connectivity index (χ0) is 11.7. The average molecular weight is 239 g/mol. The molecule has 0 aliphatic carbocycles. The summed E-state index contributed by atoms with van der Waals surface area (Å²) < 4.78 is 32.2. The van der Waals surface area contributed by atoms with Crippen molar-refractivity contribution in [3.8, 4) is 0 Å². The third-order valence-electron chi connectivity index (χ3n) is 1.67. The fourth-order valence-electron chi connectivity index (χ4n) is 1.02. The van der Waals surface area contributed by atoms with E-state index in [-0.39, 0.29) is 12.0 Å². The monoisotopic (exact) mass is 239 g/mol. The van der Waals surface area contributed by atoms with Crippen molar-refractivity contribution in [2.45, 2.75) is 20.1 Å². The second-order valence-corrected chi connectivity index (χ2v) is 5.43. The van der Waals surface area contributed by atoms with Gasteiger partial charge < -0.3 is 14.8 Å². The van der Waals surface area contributed by atoms with Gasteiger partial charge in [-0.05, 0) is 13.8 Å². The van der Waals surface area contributed by atoms with Crippen LogP contribution in [0.25, 0.3) is 0 Å². The molecule has 0 aromatic rings. The Kier molecular flexibility index (Phi) is 7.95. The summed E-state index contributed by atoms with van der Waals surface area (Å²) in [5, 5.41) is 2.98. The smallest absolute Gasteiger partial charge is 0.169 e. The SMILES string of the molecule is CCOC(CNCCS(C)(=O)=O)OCC. The highest BCUT2D eigenvalue weighted by Gasteiger charge is 2.07. The molecule has 92 valence electrons. The van der Waals surface area contributed by atoms with E-state index in [1.54, 1.807) is 0 Å². The van der Waals surface area contributed by atoms with Gasteiger partial charge in [0, 0.05) is 32.6 Å². The molecule has 0 heterocycles. The van der Waals surface area contributed by atoms with Crippen molar-refractivity contribution in [3.63, 3.8) is 0 Å². The number of sulfone groups is 1. The van der Waals surface area contributed by atoms with Crippen LogP contribution in [0.15, 0.2) is 0 Å². The van der Waals surface area contributed by atoms with Crippen molar-refractivity contribution in [2.75, 3.05) is 38.3 Å². The van der Waals surface area contributed by atoms with Crippen molar-refractivity contribution in [1.29, 1.82) is 0 Å². The molecular weight excluding hydrogens is 218 g/mol. The quantitative estimate of drug-likeness (QED) is 0.454. The number of hydrogen-bond donors (Lipinski definition) is 1. The van der Waals surface area contributed by atoms with E-state index in [0.29, 0.717) is 26.3 Å². The maximum Gasteiger partial charge on any atom is 0.169 e. The molecule has 5 nitrogen and oxygen atoms in total. The summed E-state index contributed by atoms with van der Waals surface area (Å²) in [6.45, 7) is 5.88. The highest BCUT2D eigenvalue weighted by Crippen LogP contribution is 1.93. The molecule has 0 bridgehead atoms. The van der Waals surface area contributed by atoms with Gasteiger partial charge in [-0.1, -0.05) is 0 Å². The summed E-state index contributed by atoms with van der Waals surface area (Å²) in [4.78, 5) is 0. The molecule has 0 saturated heterocycles. The van der Waals surface area contributed by atoms with Crippen LogP contribution in [-0.2, 0) is 19.3 Å². The Labute approximate surface area is 92.1 Å². The Morgan fingerprint density at radius 2 is 1.73 bits per heavy atom. The fourth-order valence-corrected chi connectivity index (χ4v) is 1.53. The van der Waals surface area contributed by atoms with Crippen LogP contribution in [0, 0.1) is 0 Å². The first-order valence-electron chi connectivity index (χ1n) is 5.11. The van der Waals surface area contributed by atoms with E-state index < -0.39 is 9.84 Å². The number of nitrogens with one attached hydrogen (secondary N) is 1. The van der Waals surface area contributed by atoms with Crippen molar-refractivity contribution in [1.82, 2.24) is 5.32 Å². The Balaban J connectivity index is 3.61. The first-order chi connectivity index (χ1) is 6.99. The summed E-state index contributed by atoms with van der Waals surface area (Å²) in [5.41, 5.74) is 0. The molecule has 6 heteroatoms. The van der Waals surface area contributed by atoms with Crippen molar-refractivity contribution in [3.05, 3.63) is 0 Å². The topological polar surface area (TPSA) is 64.6 Å². The fraction of sp³-hybridized carbons (Fsp3) is 1.00. The minimum absolute atomic E-state index is 0.137. The summed E-state index contributed by atoms with van der Waals surface area (Å²) in [7, 11) is -2.89. The van der Waals surface area contributed by atoms with Crippen molar-refractivity contribution < 1.29 is 17.9 Å². The predicted molar refractivity (Wildman–Crippen MR) is 59.6 cm³/mol. The molecule has 0 unspecified atom stereocenters. The van der Waals surface area contributed by atoms with Gasteiger partial charge in [0.2, 0.25) is 0 Å². The first-order valence-corrected chi connectivity index (χ1v) is 7.17. The van der Waals surface area contributed by atoms with Gasteiger partial charge >= 0.3 is 0 Å². The largest absolute Gasteiger partial charge is 0.352 e. The summed E-state index contributed by atoms with van der Waals surface area (Å²) >= 11 is 0. The van der Waals surface area contributed by atoms with Gasteiger partial charge in [-0.2, -0.15) is 0 Å². The van der Waals surface area contributed by atoms with E-state index >= 15 is 0 Å². The van der Waals surface area contributed by atoms with Crippen molar-refractivity contribution >= 4 is 9.84 Å². The maximum atomic E-state index is 10.8. The van der Waals surface area contributed by atoms with Gasteiger partial charge in [0.15, 0.2) is 6.29 Å². The lowest BCUT2D eigenvalue weighted by atomic mass is 10.5. The van der Waals surface area contributed by atoms with Gasteiger partial charge in [0.25, 0.3) is 0 Å². The predicted octanol–water partition coefficient (Wildman–Crippen LogP) is 0.0197. The minimum atomic E-state index is -2.89. The molecule has 0 spiro atoms. The second-order valence-electron chi connectivity index (χ2n) is 3.17. The van der Waals surface area contributed by atoms with Gasteiger partial charge in [-0.25, -0.2) is 8.42 Å². The van der Waals surface area contributed by atoms with Crippen molar-refractivity contribution in [2.24, 2.45) is 0 Å². The van der Waals surface area contributed by atoms with Crippen LogP contribution in [0.1, 0.15) is 13.8 Å². The molecule has 0 rings (SSSR count). The summed E-state index contributed by atoms with van der Waals surface area (Å²) in [6, 6.07) is 0. The van der Waals surface area contributed by atoms with E-state index in [4.69, 9.17) is 9.47 Å². The molecule has 0 aromatic carbocycles. The molecule has 0 radical (unpaired) electrons. The van der Waals surface area contributed by atoms with E-state index in [9.17, 15) is 8.42 Å². The van der Waals surface area contributed by atoms with Gasteiger partial charge in [-0.15, -0.1) is 0 Å². The van der Waals surface area contributed by atoms with Crippen LogP contribution < -0.4 is 5.32 Å². The highest BCUT2D eigenvalue weighted by atomic mass is 32.2. The molecular formula is C9H21NO4S. The highest BCUT2D eigenvalue weighted by molar-refractivity contribution is 7.90. The Bertz CT molecular complexity index is 234. The molecule has 0 aromatic heterocycles. The van der Waals surface area contributed by atoms with Crippen LogP contribution >= 0.6 is 0 Å². The standard InChI is InChI=1S/C9H21NO4S/c1-4-13-9(14-5-2)8-10-6-7-15(3,11)12/h9-10H,4-8H2,1-3H3. The van der Waals surface area contributed by atoms with Crippen LogP contribution in [-0.4, -0.2) is 53.0 Å². The average Bonchev–Trinajstić information content (AvgIpc) is 2.11. The Hall–Kier alpha value is -0.170. The Morgan fingerprint density at radius 3 is 2.13 bits per heavy atom. The summed E-state index contributed by atoms with van der Waals surface area (Å²) in [6.07, 6.45) is 0.927. The maximum absolute atomic E-state index is 10.8. The zero-order valence-corrected chi connectivity index (χ0v) is 10.5. The molecule has 0 saturated carbocycles. The lowest BCUT2D eigenvalue weighted by Crippen LogP contribution is -2.34. The van der Waals surface area contributed by atoms with Gasteiger partial charge in [0.05, 0.1) is 5.75 Å². The third-order valence-corrected chi connectivity index (χ3v) is 2.61. The molecule has 0 atom stereocenters. The van der Waals surface area contributed by atoms with E-state index in [1.807, 2.05) is 13.8 Å². The molecule has 15 heavy (non-hydrogen) atoms. The lowest BCUT2D eigenvalue weighted by Gasteiger charge is -2.17. The number of ether oxygens (including phenoxy) is 2. The first kappa shape index (κ1) is 14.8. The molecule has 1 N–H and O–H groups in total. The molecule has 0 aliphatic heterocycles. The summed E-state index contributed by atoms with van der Waals surface area (Å²) in [5.74, 6) is 0.137. The van der Waals surface area contributed by atoms with E-state index in [1.165, 1.54) is 6.26 Å². The third kappa shape index (κ3) is 10.1. The van der Waals surface area contributed by atoms with Gasteiger partial charge in [0.1, 0.15) is 9.84 Å². The van der Waals surface area contributed by atoms with E-state index in [2.05, 4.69) is 5.32 Å². The number of rotatable bonds is 9. The minimum Gasteiger partial charge on any atom is -0.352 e. The lowest BCUT2D eigenvalue weighted by molar-refractivity contribution is -0.132. The van der Waals surface area contributed by atoms with Crippen LogP contribution in [0.4, 0.5) is 0 Å². The normalized spacial score (nSPS) is 12.3. The van der Waals surface area contributed by atoms with Gasteiger partial charge in [-0.3, -0.25) is 0 Å². The van der Waals surface area contributed by atoms with Crippen LogP contribution in [0.3, 0.4) is 0 Å².